The Hall–Kier alpha value is -1.58. The lowest BCUT2D eigenvalue weighted by Crippen LogP contribution is -2.40. The minimum Gasteiger partial charge on any atom is -0.361 e. The van der Waals surface area contributed by atoms with E-state index in [0.717, 1.165) is 23.8 Å². The maximum atomic E-state index is 13.1. The molecule has 1 saturated heterocycles. The number of benzene rings is 1. The van der Waals surface area contributed by atoms with Crippen LogP contribution in [0.1, 0.15) is 24.8 Å². The summed E-state index contributed by atoms with van der Waals surface area (Å²) in [6.07, 6.45) is -1.83. The number of alkyl halides is 3. The predicted molar refractivity (Wildman–Crippen MR) is 94.7 cm³/mol. The second kappa shape index (κ2) is 6.54. The van der Waals surface area contributed by atoms with Crippen molar-refractivity contribution >= 4 is 32.5 Å². The van der Waals surface area contributed by atoms with Gasteiger partial charge in [0, 0.05) is 16.5 Å². The molecule has 1 unspecified atom stereocenters. The molecule has 0 saturated carbocycles. The van der Waals surface area contributed by atoms with E-state index >= 15 is 0 Å². The highest BCUT2D eigenvalue weighted by Crippen LogP contribution is 2.35. The molecule has 0 radical (unpaired) electrons. The molecule has 1 aromatic carbocycles. The highest BCUT2D eigenvalue weighted by Gasteiger charge is 2.34. The van der Waals surface area contributed by atoms with Gasteiger partial charge in [0.25, 0.3) is 5.56 Å². The van der Waals surface area contributed by atoms with Crippen molar-refractivity contribution in [2.24, 2.45) is 0 Å². The first-order valence-electron chi connectivity index (χ1n) is 8.40. The van der Waals surface area contributed by atoms with E-state index in [0.29, 0.717) is 27.7 Å². The van der Waals surface area contributed by atoms with Crippen LogP contribution in [-0.4, -0.2) is 28.6 Å². The normalized spacial score (nSPS) is 21.0. The predicted octanol–water partition coefficient (Wildman–Crippen LogP) is 4.00. The summed E-state index contributed by atoms with van der Waals surface area (Å²) in [6, 6.07) is 5.03. The zero-order chi connectivity index (χ0) is 18.5. The first kappa shape index (κ1) is 17.8. The Morgan fingerprint density at radius 3 is 2.81 bits per heavy atom. The van der Waals surface area contributed by atoms with Gasteiger partial charge < -0.3 is 10.2 Å². The van der Waals surface area contributed by atoms with Gasteiger partial charge in [-0.2, -0.15) is 18.2 Å². The Morgan fingerprint density at radius 2 is 2.12 bits per heavy atom. The number of ether oxygens (including phenoxy) is 1. The smallest absolute Gasteiger partial charge is 0.361 e. The molecular formula is C17H17BrF3N3O2. The summed E-state index contributed by atoms with van der Waals surface area (Å²) in [4.78, 5) is 12.8. The van der Waals surface area contributed by atoms with Crippen molar-refractivity contribution in [3.63, 3.8) is 0 Å². The molecule has 26 heavy (non-hydrogen) atoms. The molecular weight excluding hydrogens is 415 g/mol. The van der Waals surface area contributed by atoms with E-state index in [-0.39, 0.29) is 18.3 Å². The van der Waals surface area contributed by atoms with Gasteiger partial charge in [0.1, 0.15) is 12.8 Å². The maximum absolute atomic E-state index is 13.1. The monoisotopic (exact) mass is 431 g/mol. The van der Waals surface area contributed by atoms with Crippen LogP contribution in [0.3, 0.4) is 0 Å². The molecule has 3 heterocycles. The fraction of sp³-hybridized carbons (Fsp3) is 0.471. The number of nitrogens with zero attached hydrogens (tertiary/aromatic N) is 2. The largest absolute Gasteiger partial charge is 0.406 e. The van der Waals surface area contributed by atoms with E-state index in [1.807, 2.05) is 5.01 Å². The number of hydrazine groups is 1. The van der Waals surface area contributed by atoms with Gasteiger partial charge in [-0.1, -0.05) is 15.9 Å². The summed E-state index contributed by atoms with van der Waals surface area (Å²) in [5.41, 5.74) is 3.75. The molecule has 0 spiro atoms. The van der Waals surface area contributed by atoms with E-state index in [1.54, 1.807) is 18.2 Å². The Labute approximate surface area is 155 Å². The molecule has 5 nitrogen and oxygen atoms in total. The van der Waals surface area contributed by atoms with Crippen molar-refractivity contribution in [2.75, 3.05) is 12.0 Å². The summed E-state index contributed by atoms with van der Waals surface area (Å²) < 4.78 is 46.3. The lowest BCUT2D eigenvalue weighted by atomic mass is 10.1. The van der Waals surface area contributed by atoms with Crippen molar-refractivity contribution in [2.45, 2.75) is 44.8 Å². The fourth-order valence-corrected chi connectivity index (χ4v) is 3.94. The van der Waals surface area contributed by atoms with Gasteiger partial charge in [-0.3, -0.25) is 9.36 Å². The zero-order valence-electron chi connectivity index (χ0n) is 13.8. The molecule has 1 aromatic heterocycles. The van der Waals surface area contributed by atoms with Crippen LogP contribution in [0.4, 0.5) is 18.9 Å². The third-order valence-electron chi connectivity index (χ3n) is 4.75. The Bertz CT molecular complexity index is 907. The Morgan fingerprint density at radius 1 is 1.31 bits per heavy atom. The molecule has 2 aliphatic heterocycles. The highest BCUT2D eigenvalue weighted by atomic mass is 79.9. The molecule has 1 N–H and O–H groups in total. The number of hydrogen-bond donors (Lipinski definition) is 1. The highest BCUT2D eigenvalue weighted by molar-refractivity contribution is 9.10. The average Bonchev–Trinajstić information content (AvgIpc) is 3.04. The van der Waals surface area contributed by atoms with Crippen molar-refractivity contribution in [1.82, 2.24) is 9.58 Å². The van der Waals surface area contributed by atoms with Crippen LogP contribution in [0.15, 0.2) is 27.5 Å². The summed E-state index contributed by atoms with van der Waals surface area (Å²) in [7, 11) is 0. The first-order chi connectivity index (χ1) is 12.3. The van der Waals surface area contributed by atoms with Crippen molar-refractivity contribution in [3.05, 3.63) is 38.6 Å². The quantitative estimate of drug-likeness (QED) is 0.780. The second-order valence-electron chi connectivity index (χ2n) is 6.58. The number of pyridine rings is 1. The van der Waals surface area contributed by atoms with Crippen LogP contribution >= 0.6 is 15.9 Å². The third kappa shape index (κ3) is 3.23. The Kier molecular flexibility index (Phi) is 4.48. The van der Waals surface area contributed by atoms with Crippen LogP contribution in [-0.2, 0) is 17.8 Å². The average molecular weight is 432 g/mol. The molecule has 1 fully saturated rings. The molecule has 140 valence electrons. The van der Waals surface area contributed by atoms with Gasteiger partial charge in [0.05, 0.1) is 23.3 Å². The summed E-state index contributed by atoms with van der Waals surface area (Å²) in [6.45, 7) is -0.445. The number of anilines is 1. The van der Waals surface area contributed by atoms with Crippen LogP contribution in [0.25, 0.3) is 10.9 Å². The number of fused-ring (bicyclic) bond motifs is 3. The van der Waals surface area contributed by atoms with Crippen molar-refractivity contribution in [3.8, 4) is 0 Å². The topological polar surface area (TPSA) is 46.5 Å². The van der Waals surface area contributed by atoms with Crippen molar-refractivity contribution in [1.29, 1.82) is 0 Å². The van der Waals surface area contributed by atoms with E-state index in [9.17, 15) is 18.0 Å². The standard InChI is InChI=1S/C17H17BrF3N3O2/c18-10-4-5-11-13(7-10)23(9-17(19,20)21)16(25)12-8-24(22-15(11)12)14-3-1-2-6-26-14/h4-5,7,14,22H,1-3,6,8-9H2. The number of rotatable bonds is 2. The lowest BCUT2D eigenvalue weighted by molar-refractivity contribution is -0.140. The van der Waals surface area contributed by atoms with Crippen LogP contribution in [0.2, 0.25) is 0 Å². The first-order valence-corrected chi connectivity index (χ1v) is 9.19. The maximum Gasteiger partial charge on any atom is 0.406 e. The summed E-state index contributed by atoms with van der Waals surface area (Å²) in [5, 5.41) is 2.40. The number of halogens is 4. The minimum atomic E-state index is -4.48. The third-order valence-corrected chi connectivity index (χ3v) is 5.24. The van der Waals surface area contributed by atoms with Gasteiger partial charge in [-0.15, -0.1) is 0 Å². The van der Waals surface area contributed by atoms with Gasteiger partial charge >= 0.3 is 6.18 Å². The SMILES string of the molecule is O=c1c2c(c3ccc(Br)cc3n1CC(F)(F)F)NN(C1CCCCO1)C2. The Balaban J connectivity index is 1.83. The van der Waals surface area contributed by atoms with Gasteiger partial charge in [0.15, 0.2) is 0 Å². The summed E-state index contributed by atoms with van der Waals surface area (Å²) >= 11 is 3.28. The van der Waals surface area contributed by atoms with E-state index in [2.05, 4.69) is 21.4 Å². The number of aromatic nitrogens is 1. The molecule has 1 atom stereocenters. The van der Waals surface area contributed by atoms with E-state index in [1.165, 1.54) is 0 Å². The van der Waals surface area contributed by atoms with E-state index in [4.69, 9.17) is 4.74 Å². The number of nitrogens with one attached hydrogen (secondary N) is 1. The molecule has 9 heteroatoms. The van der Waals surface area contributed by atoms with Gasteiger partial charge in [0.2, 0.25) is 0 Å². The molecule has 0 amide bonds. The molecule has 0 bridgehead atoms. The fourth-order valence-electron chi connectivity index (χ4n) is 3.59. The van der Waals surface area contributed by atoms with Crippen LogP contribution in [0.5, 0.6) is 0 Å². The van der Waals surface area contributed by atoms with Crippen molar-refractivity contribution < 1.29 is 17.9 Å². The molecule has 0 aliphatic carbocycles. The minimum absolute atomic E-state index is 0.183. The molecule has 4 rings (SSSR count). The van der Waals surface area contributed by atoms with Crippen LogP contribution < -0.4 is 11.0 Å². The summed E-state index contributed by atoms with van der Waals surface area (Å²) in [5.74, 6) is 0. The van der Waals surface area contributed by atoms with Gasteiger partial charge in [-0.25, -0.2) is 0 Å². The van der Waals surface area contributed by atoms with Crippen LogP contribution in [0, 0.1) is 0 Å². The van der Waals surface area contributed by atoms with Gasteiger partial charge in [-0.05, 0) is 37.5 Å². The van der Waals surface area contributed by atoms with E-state index < -0.39 is 18.3 Å². The lowest BCUT2D eigenvalue weighted by Gasteiger charge is -2.30. The molecule has 2 aliphatic rings. The second-order valence-corrected chi connectivity index (χ2v) is 7.50. The zero-order valence-corrected chi connectivity index (χ0v) is 15.4. The molecule has 2 aromatic rings. The number of hydrogen-bond acceptors (Lipinski definition) is 4.